The summed E-state index contributed by atoms with van der Waals surface area (Å²) < 4.78 is 8.88. The van der Waals surface area contributed by atoms with Gasteiger partial charge >= 0.3 is 6.09 Å². The van der Waals surface area contributed by atoms with Gasteiger partial charge in [-0.2, -0.15) is 10.1 Å². The zero-order chi connectivity index (χ0) is 32.0. The number of aromatic nitrogens is 5. The number of aldehydes is 1. The SMILES string of the molecule is CNCCCn1c(=O)c(N2CCN(C(=O)OCc3ccccc3)c3c(C)cccc32)cc2cnc(Nc3cnn(CC=O)c3)nc21. The van der Waals surface area contributed by atoms with Gasteiger partial charge in [0.15, 0.2) is 0 Å². The van der Waals surface area contributed by atoms with E-state index in [1.165, 1.54) is 4.68 Å². The highest BCUT2D eigenvalue weighted by Gasteiger charge is 2.31. The molecule has 6 rings (SSSR count). The molecule has 1 aliphatic heterocycles. The number of aryl methyl sites for hydroxylation is 2. The van der Waals surface area contributed by atoms with Crippen molar-refractivity contribution in [2.45, 2.75) is 33.0 Å². The molecule has 2 aromatic carbocycles. The Hall–Kier alpha value is -5.56. The largest absolute Gasteiger partial charge is 0.444 e. The van der Waals surface area contributed by atoms with Gasteiger partial charge in [0.2, 0.25) is 5.95 Å². The number of amides is 1. The molecule has 0 unspecified atom stereocenters. The summed E-state index contributed by atoms with van der Waals surface area (Å²) in [5.41, 5.74) is 4.64. The zero-order valence-electron chi connectivity index (χ0n) is 25.7. The molecule has 0 radical (unpaired) electrons. The number of carbonyl (C=O) groups is 2. The van der Waals surface area contributed by atoms with E-state index in [9.17, 15) is 14.4 Å². The molecule has 0 saturated carbocycles. The Morgan fingerprint density at radius 2 is 1.91 bits per heavy atom. The Kier molecular flexibility index (Phi) is 9.01. The Labute approximate surface area is 265 Å². The molecule has 0 aliphatic carbocycles. The molecule has 3 aromatic heterocycles. The van der Waals surface area contributed by atoms with Crippen LogP contribution in [-0.4, -0.2) is 63.4 Å². The third kappa shape index (κ3) is 6.31. The quantitative estimate of drug-likeness (QED) is 0.163. The van der Waals surface area contributed by atoms with Crippen molar-refractivity contribution in [1.82, 2.24) is 29.6 Å². The van der Waals surface area contributed by atoms with Gasteiger partial charge in [-0.3, -0.25) is 18.9 Å². The number of hydrogen-bond acceptors (Lipinski definition) is 10. The second-order valence-corrected chi connectivity index (χ2v) is 10.9. The molecule has 2 N–H and O–H groups in total. The maximum absolute atomic E-state index is 14.3. The lowest BCUT2D eigenvalue weighted by Gasteiger charge is -2.38. The second-order valence-electron chi connectivity index (χ2n) is 10.9. The van der Waals surface area contributed by atoms with Crippen molar-refractivity contribution in [3.8, 4) is 0 Å². The number of nitrogens with one attached hydrogen (secondary N) is 2. The summed E-state index contributed by atoms with van der Waals surface area (Å²) in [6, 6.07) is 17.2. The Bertz CT molecular complexity index is 1920. The third-order valence-electron chi connectivity index (χ3n) is 7.81. The summed E-state index contributed by atoms with van der Waals surface area (Å²) in [6.45, 7) is 4.13. The van der Waals surface area contributed by atoms with Crippen LogP contribution >= 0.6 is 0 Å². The van der Waals surface area contributed by atoms with E-state index < -0.39 is 6.09 Å². The molecule has 1 aliphatic rings. The van der Waals surface area contributed by atoms with E-state index in [0.29, 0.717) is 60.1 Å². The molecular weight excluding hydrogens is 586 g/mol. The van der Waals surface area contributed by atoms with Crippen molar-refractivity contribution >= 4 is 52.1 Å². The predicted octanol–water partition coefficient (Wildman–Crippen LogP) is 4.14. The van der Waals surface area contributed by atoms with Crippen molar-refractivity contribution < 1.29 is 14.3 Å². The minimum Gasteiger partial charge on any atom is -0.444 e. The fraction of sp³-hybridized carbons (Fsp3) is 0.273. The van der Waals surface area contributed by atoms with E-state index in [1.54, 1.807) is 28.1 Å². The normalized spacial score (nSPS) is 12.7. The van der Waals surface area contributed by atoms with Crippen molar-refractivity contribution in [3.63, 3.8) is 0 Å². The lowest BCUT2D eigenvalue weighted by atomic mass is 10.1. The number of benzene rings is 2. The van der Waals surface area contributed by atoms with E-state index in [0.717, 1.165) is 29.6 Å². The van der Waals surface area contributed by atoms with Gasteiger partial charge in [0.05, 0.1) is 29.8 Å². The van der Waals surface area contributed by atoms with Gasteiger partial charge in [0.1, 0.15) is 24.2 Å². The Morgan fingerprint density at radius 3 is 2.72 bits per heavy atom. The molecule has 0 bridgehead atoms. The van der Waals surface area contributed by atoms with Crippen LogP contribution < -0.4 is 26.0 Å². The van der Waals surface area contributed by atoms with Crippen molar-refractivity contribution in [2.75, 3.05) is 41.8 Å². The topological polar surface area (TPSA) is 140 Å². The van der Waals surface area contributed by atoms with Crippen LogP contribution in [-0.2, 0) is 29.2 Å². The number of pyridine rings is 1. The molecule has 5 aromatic rings. The molecule has 0 atom stereocenters. The molecule has 46 heavy (non-hydrogen) atoms. The lowest BCUT2D eigenvalue weighted by molar-refractivity contribution is -0.108. The van der Waals surface area contributed by atoms with Gasteiger partial charge in [-0.25, -0.2) is 9.78 Å². The van der Waals surface area contributed by atoms with E-state index in [2.05, 4.69) is 20.7 Å². The van der Waals surface area contributed by atoms with Crippen LogP contribution in [0.5, 0.6) is 0 Å². The Balaban J connectivity index is 1.35. The minimum atomic E-state index is -0.438. The monoisotopic (exact) mass is 621 g/mol. The van der Waals surface area contributed by atoms with Crippen molar-refractivity contribution in [3.05, 3.63) is 94.7 Å². The molecule has 0 spiro atoms. The highest BCUT2D eigenvalue weighted by atomic mass is 16.6. The number of ether oxygens (including phenoxy) is 1. The fourth-order valence-electron chi connectivity index (χ4n) is 5.63. The summed E-state index contributed by atoms with van der Waals surface area (Å²) in [5.74, 6) is 0.302. The number of carbonyl (C=O) groups excluding carboxylic acids is 2. The number of rotatable bonds is 11. The van der Waals surface area contributed by atoms with Gasteiger partial charge in [0, 0.05) is 37.4 Å². The van der Waals surface area contributed by atoms with Gasteiger partial charge in [-0.15, -0.1) is 0 Å². The number of hydrogen-bond donors (Lipinski definition) is 2. The number of anilines is 5. The highest BCUT2D eigenvalue weighted by Crippen LogP contribution is 2.40. The van der Waals surface area contributed by atoms with Gasteiger partial charge in [-0.05, 0) is 50.2 Å². The minimum absolute atomic E-state index is 0.139. The smallest absolute Gasteiger partial charge is 0.414 e. The van der Waals surface area contributed by atoms with E-state index in [4.69, 9.17) is 9.72 Å². The van der Waals surface area contributed by atoms with E-state index >= 15 is 0 Å². The standard InChI is InChI=1S/C33H35N9O4/c1-23-8-6-11-27-29(23)41(33(45)46-22-24-9-4-3-5-10-24)15-14-40(27)28-18-25-19-35-32(37-26-20-36-39(21-26)16-17-43)38-30(25)42(31(28)44)13-7-12-34-2/h3-6,8-11,17-21,34H,7,12-16,22H2,1-2H3,(H,35,37,38). The number of para-hydroxylation sites is 1. The van der Waals surface area contributed by atoms with Crippen LogP contribution in [0.2, 0.25) is 0 Å². The molecule has 13 nitrogen and oxygen atoms in total. The molecule has 1 amide bonds. The maximum Gasteiger partial charge on any atom is 0.414 e. The maximum atomic E-state index is 14.3. The number of nitrogens with zero attached hydrogens (tertiary/aromatic N) is 7. The summed E-state index contributed by atoms with van der Waals surface area (Å²) in [4.78, 5) is 51.3. The average Bonchev–Trinajstić information content (AvgIpc) is 3.51. The zero-order valence-corrected chi connectivity index (χ0v) is 25.7. The van der Waals surface area contributed by atoms with Crippen LogP contribution in [0.1, 0.15) is 17.5 Å². The average molecular weight is 622 g/mol. The van der Waals surface area contributed by atoms with E-state index in [1.807, 2.05) is 73.5 Å². The summed E-state index contributed by atoms with van der Waals surface area (Å²) in [6.07, 6.45) is 5.98. The molecule has 0 saturated heterocycles. The lowest BCUT2D eigenvalue weighted by Crippen LogP contribution is -2.44. The molecular formula is C33H35N9O4. The number of fused-ring (bicyclic) bond motifs is 2. The van der Waals surface area contributed by atoms with E-state index in [-0.39, 0.29) is 18.7 Å². The van der Waals surface area contributed by atoms with Crippen LogP contribution in [0.4, 0.5) is 33.5 Å². The van der Waals surface area contributed by atoms with Crippen molar-refractivity contribution in [1.29, 1.82) is 0 Å². The van der Waals surface area contributed by atoms with Crippen LogP contribution in [0.25, 0.3) is 11.0 Å². The first kappa shape index (κ1) is 30.5. The summed E-state index contributed by atoms with van der Waals surface area (Å²) >= 11 is 0. The summed E-state index contributed by atoms with van der Waals surface area (Å²) in [5, 5.41) is 11.1. The van der Waals surface area contributed by atoms with Crippen molar-refractivity contribution in [2.24, 2.45) is 0 Å². The molecule has 0 fully saturated rings. The van der Waals surface area contributed by atoms with Gasteiger partial charge < -0.3 is 25.1 Å². The first-order valence-corrected chi connectivity index (χ1v) is 15.1. The first-order valence-electron chi connectivity index (χ1n) is 15.1. The fourth-order valence-corrected chi connectivity index (χ4v) is 5.63. The van der Waals surface area contributed by atoms with Crippen LogP contribution in [0.3, 0.4) is 0 Å². The molecule has 236 valence electrons. The highest BCUT2D eigenvalue weighted by molar-refractivity contribution is 5.97. The second kappa shape index (κ2) is 13.6. The van der Waals surface area contributed by atoms with Crippen LogP contribution in [0.15, 0.2) is 78.0 Å². The Morgan fingerprint density at radius 1 is 1.07 bits per heavy atom. The predicted molar refractivity (Wildman–Crippen MR) is 176 cm³/mol. The summed E-state index contributed by atoms with van der Waals surface area (Å²) in [7, 11) is 1.87. The molecule has 4 heterocycles. The van der Waals surface area contributed by atoms with Gasteiger partial charge in [-0.1, -0.05) is 42.5 Å². The first-order chi connectivity index (χ1) is 22.5. The van der Waals surface area contributed by atoms with Crippen LogP contribution in [0, 0.1) is 6.92 Å². The third-order valence-corrected chi connectivity index (χ3v) is 7.81. The molecule has 13 heteroatoms. The van der Waals surface area contributed by atoms with Gasteiger partial charge in [0.25, 0.3) is 5.56 Å².